The molecule has 0 saturated heterocycles. The topological polar surface area (TPSA) is 12.0 Å². The Morgan fingerprint density at radius 3 is 2.68 bits per heavy atom. The lowest BCUT2D eigenvalue weighted by molar-refractivity contribution is 0.606. The van der Waals surface area contributed by atoms with E-state index >= 15 is 0 Å². The number of thiophene rings is 1. The molecular weight excluding hydrogens is 342 g/mol. The third-order valence-corrected chi connectivity index (χ3v) is 4.60. The van der Waals surface area contributed by atoms with Crippen LogP contribution in [0.3, 0.4) is 0 Å². The summed E-state index contributed by atoms with van der Waals surface area (Å²) < 4.78 is 1.02. The normalized spacial score (nSPS) is 12.6. The van der Waals surface area contributed by atoms with Crippen molar-refractivity contribution in [1.29, 1.82) is 0 Å². The molecule has 1 unspecified atom stereocenters. The fourth-order valence-electron chi connectivity index (χ4n) is 2.02. The standard InChI is InChI=1S/C15H17BrClNS/c1-3-6-18-15(14-5-4-10(2)19-14)11-7-12(16)9-13(17)8-11/h4-5,7-9,15,18H,3,6H2,1-2H3. The first-order valence-corrected chi connectivity index (χ1v) is 8.34. The van der Waals surface area contributed by atoms with Gasteiger partial charge in [0.2, 0.25) is 0 Å². The van der Waals surface area contributed by atoms with E-state index in [9.17, 15) is 0 Å². The van der Waals surface area contributed by atoms with Gasteiger partial charge in [0.1, 0.15) is 0 Å². The van der Waals surface area contributed by atoms with E-state index in [1.54, 1.807) is 0 Å². The van der Waals surface area contributed by atoms with Crippen LogP contribution in [-0.2, 0) is 0 Å². The Bertz CT molecular complexity index is 533. The number of halogens is 2. The summed E-state index contributed by atoms with van der Waals surface area (Å²) in [6, 6.07) is 10.7. The average Bonchev–Trinajstić information content (AvgIpc) is 2.75. The smallest absolute Gasteiger partial charge is 0.0672 e. The molecule has 0 aliphatic carbocycles. The molecule has 0 fully saturated rings. The summed E-state index contributed by atoms with van der Waals surface area (Å²) in [4.78, 5) is 2.67. The van der Waals surface area contributed by atoms with Crippen molar-refractivity contribution >= 4 is 38.9 Å². The quantitative estimate of drug-likeness (QED) is 0.737. The highest BCUT2D eigenvalue weighted by Gasteiger charge is 2.16. The van der Waals surface area contributed by atoms with Gasteiger partial charge in [-0.1, -0.05) is 34.5 Å². The molecule has 0 saturated carbocycles. The molecule has 1 heterocycles. The monoisotopic (exact) mass is 357 g/mol. The van der Waals surface area contributed by atoms with Crippen molar-refractivity contribution in [3.05, 3.63) is 55.1 Å². The van der Waals surface area contributed by atoms with Gasteiger partial charge in [-0.05, 0) is 55.8 Å². The number of nitrogens with one attached hydrogen (secondary N) is 1. The Morgan fingerprint density at radius 2 is 2.11 bits per heavy atom. The minimum Gasteiger partial charge on any atom is -0.306 e. The third-order valence-electron chi connectivity index (χ3n) is 2.86. The summed E-state index contributed by atoms with van der Waals surface area (Å²) >= 11 is 11.5. The summed E-state index contributed by atoms with van der Waals surface area (Å²) in [5.74, 6) is 0. The fraction of sp³-hybridized carbons (Fsp3) is 0.333. The first-order chi connectivity index (χ1) is 9.10. The highest BCUT2D eigenvalue weighted by molar-refractivity contribution is 9.10. The molecule has 1 nitrogen and oxygen atoms in total. The molecule has 0 spiro atoms. The second kappa shape index (κ2) is 6.89. The van der Waals surface area contributed by atoms with Crippen LogP contribution in [0.15, 0.2) is 34.8 Å². The Hall–Kier alpha value is -0.350. The van der Waals surface area contributed by atoms with Gasteiger partial charge in [0.15, 0.2) is 0 Å². The molecule has 0 bridgehead atoms. The lowest BCUT2D eigenvalue weighted by atomic mass is 10.1. The van der Waals surface area contributed by atoms with Crippen molar-refractivity contribution in [2.75, 3.05) is 6.54 Å². The van der Waals surface area contributed by atoms with Crippen LogP contribution in [0.25, 0.3) is 0 Å². The molecule has 2 aromatic rings. The number of hydrogen-bond donors (Lipinski definition) is 1. The maximum absolute atomic E-state index is 6.17. The van der Waals surface area contributed by atoms with E-state index < -0.39 is 0 Å². The molecule has 19 heavy (non-hydrogen) atoms. The highest BCUT2D eigenvalue weighted by atomic mass is 79.9. The van der Waals surface area contributed by atoms with Crippen molar-refractivity contribution in [3.63, 3.8) is 0 Å². The van der Waals surface area contributed by atoms with E-state index in [4.69, 9.17) is 11.6 Å². The van der Waals surface area contributed by atoms with E-state index in [-0.39, 0.29) is 6.04 Å². The van der Waals surface area contributed by atoms with Gasteiger partial charge in [0, 0.05) is 19.2 Å². The second-order valence-corrected chi connectivity index (χ2v) is 7.21. The maximum atomic E-state index is 6.17. The van der Waals surface area contributed by atoms with Gasteiger partial charge >= 0.3 is 0 Å². The first kappa shape index (κ1) is 15.0. The van der Waals surface area contributed by atoms with Crippen LogP contribution in [-0.4, -0.2) is 6.54 Å². The molecule has 2 rings (SSSR count). The van der Waals surface area contributed by atoms with Gasteiger partial charge in [-0.25, -0.2) is 0 Å². The summed E-state index contributed by atoms with van der Waals surface area (Å²) in [5, 5.41) is 4.37. The molecule has 4 heteroatoms. The van der Waals surface area contributed by atoms with Gasteiger partial charge < -0.3 is 5.32 Å². The van der Waals surface area contributed by atoms with Crippen LogP contribution < -0.4 is 5.32 Å². The highest BCUT2D eigenvalue weighted by Crippen LogP contribution is 2.31. The number of hydrogen-bond acceptors (Lipinski definition) is 2. The lowest BCUT2D eigenvalue weighted by Crippen LogP contribution is -2.22. The van der Waals surface area contributed by atoms with Crippen LogP contribution in [0.5, 0.6) is 0 Å². The van der Waals surface area contributed by atoms with Crippen molar-refractivity contribution in [2.24, 2.45) is 0 Å². The van der Waals surface area contributed by atoms with Gasteiger partial charge in [-0.15, -0.1) is 11.3 Å². The minimum absolute atomic E-state index is 0.216. The Kier molecular flexibility index (Phi) is 5.46. The van der Waals surface area contributed by atoms with E-state index in [0.29, 0.717) is 0 Å². The predicted octanol–water partition coefficient (Wildman–Crippen LogP) is 5.56. The molecular formula is C15H17BrClNS. The lowest BCUT2D eigenvalue weighted by Gasteiger charge is -2.18. The van der Waals surface area contributed by atoms with E-state index in [2.05, 4.69) is 53.3 Å². The van der Waals surface area contributed by atoms with Gasteiger partial charge in [0.25, 0.3) is 0 Å². The van der Waals surface area contributed by atoms with Gasteiger partial charge in [-0.3, -0.25) is 0 Å². The predicted molar refractivity (Wildman–Crippen MR) is 88.3 cm³/mol. The van der Waals surface area contributed by atoms with Crippen molar-refractivity contribution in [3.8, 4) is 0 Å². The largest absolute Gasteiger partial charge is 0.306 e. The summed E-state index contributed by atoms with van der Waals surface area (Å²) in [7, 11) is 0. The van der Waals surface area contributed by atoms with Gasteiger partial charge in [0.05, 0.1) is 6.04 Å². The summed E-state index contributed by atoms with van der Waals surface area (Å²) in [5.41, 5.74) is 1.20. The maximum Gasteiger partial charge on any atom is 0.0672 e. The van der Waals surface area contributed by atoms with Crippen molar-refractivity contribution in [1.82, 2.24) is 5.32 Å². The minimum atomic E-state index is 0.216. The second-order valence-electron chi connectivity index (χ2n) is 4.54. The SMILES string of the molecule is CCCNC(c1cc(Cl)cc(Br)c1)c1ccc(C)s1. The van der Waals surface area contributed by atoms with E-state index in [1.807, 2.05) is 23.5 Å². The zero-order valence-corrected chi connectivity index (χ0v) is 14.2. The first-order valence-electron chi connectivity index (χ1n) is 6.36. The molecule has 0 radical (unpaired) electrons. The number of aryl methyl sites for hydroxylation is 1. The van der Waals surface area contributed by atoms with Crippen LogP contribution >= 0.6 is 38.9 Å². The van der Waals surface area contributed by atoms with E-state index in [1.165, 1.54) is 15.3 Å². The fourth-order valence-corrected chi connectivity index (χ4v) is 3.89. The molecule has 0 aliphatic heterocycles. The molecule has 0 amide bonds. The van der Waals surface area contributed by atoms with Crippen LogP contribution in [0.4, 0.5) is 0 Å². The van der Waals surface area contributed by atoms with Gasteiger partial charge in [-0.2, -0.15) is 0 Å². The summed E-state index contributed by atoms with van der Waals surface area (Å²) in [6.07, 6.45) is 1.11. The Labute approximate surface area is 132 Å². The number of rotatable bonds is 5. The Balaban J connectivity index is 2.36. The molecule has 1 atom stereocenters. The van der Waals surface area contributed by atoms with Crippen LogP contribution in [0.2, 0.25) is 5.02 Å². The van der Waals surface area contributed by atoms with E-state index in [0.717, 1.165) is 22.5 Å². The molecule has 102 valence electrons. The van der Waals surface area contributed by atoms with Crippen LogP contribution in [0, 0.1) is 6.92 Å². The zero-order chi connectivity index (χ0) is 13.8. The van der Waals surface area contributed by atoms with Crippen LogP contribution in [0.1, 0.15) is 34.7 Å². The molecule has 1 aromatic carbocycles. The molecule has 0 aliphatic rings. The zero-order valence-electron chi connectivity index (χ0n) is 11.0. The van der Waals surface area contributed by atoms with Crippen molar-refractivity contribution in [2.45, 2.75) is 26.3 Å². The average molecular weight is 359 g/mol. The molecule has 1 N–H and O–H groups in total. The summed E-state index contributed by atoms with van der Waals surface area (Å²) in [6.45, 7) is 5.31. The number of benzene rings is 1. The molecule has 1 aromatic heterocycles. The third kappa shape index (κ3) is 4.06. The Morgan fingerprint density at radius 1 is 1.32 bits per heavy atom. The van der Waals surface area contributed by atoms with Crippen molar-refractivity contribution < 1.29 is 0 Å².